The van der Waals surface area contributed by atoms with Gasteiger partial charge in [-0.2, -0.15) is 0 Å². The minimum atomic E-state index is -0.602. The van der Waals surface area contributed by atoms with Crippen LogP contribution in [0.1, 0.15) is 34.6 Å². The van der Waals surface area contributed by atoms with E-state index >= 15 is 0 Å². The molecule has 0 saturated heterocycles. The van der Waals surface area contributed by atoms with E-state index in [-0.39, 0.29) is 0 Å². The van der Waals surface area contributed by atoms with Gasteiger partial charge in [0.15, 0.2) is 0 Å². The minimum Gasteiger partial charge on any atom is -0.496 e. The van der Waals surface area contributed by atoms with Crippen molar-refractivity contribution < 1.29 is 9.84 Å². The molecule has 0 radical (unpaired) electrons. The molecule has 0 amide bonds. The summed E-state index contributed by atoms with van der Waals surface area (Å²) in [5, 5.41) is 12.6. The second-order valence-corrected chi connectivity index (χ2v) is 5.26. The van der Waals surface area contributed by atoms with Crippen LogP contribution in [0.5, 0.6) is 5.75 Å². The van der Waals surface area contributed by atoms with Crippen LogP contribution in [0.15, 0.2) is 29.6 Å². The Morgan fingerprint density at radius 1 is 1.33 bits per heavy atom. The maximum absolute atomic E-state index is 10.6. The lowest BCUT2D eigenvalue weighted by atomic mass is 10.0. The highest BCUT2D eigenvalue weighted by atomic mass is 32.1. The van der Waals surface area contributed by atoms with E-state index in [9.17, 15) is 5.11 Å². The van der Waals surface area contributed by atoms with E-state index in [1.807, 2.05) is 30.5 Å². The first-order valence-corrected chi connectivity index (χ1v) is 6.94. The van der Waals surface area contributed by atoms with Crippen molar-refractivity contribution in [2.75, 3.05) is 7.11 Å². The standard InChI is InChI=1S/C15H18O2S/c1-4-11-7-8-18-15(11)14(16)12-9-10(2)5-6-13(12)17-3/h5-9,14,16H,4H2,1-3H3. The third-order valence-electron chi connectivity index (χ3n) is 3.09. The van der Waals surface area contributed by atoms with Crippen LogP contribution in [0.3, 0.4) is 0 Å². The summed E-state index contributed by atoms with van der Waals surface area (Å²) in [5.41, 5.74) is 3.17. The Labute approximate surface area is 112 Å². The van der Waals surface area contributed by atoms with Crippen molar-refractivity contribution in [1.29, 1.82) is 0 Å². The third kappa shape index (κ3) is 2.42. The molecule has 0 bridgehead atoms. The topological polar surface area (TPSA) is 29.5 Å². The number of hydrogen-bond donors (Lipinski definition) is 1. The van der Waals surface area contributed by atoms with Gasteiger partial charge in [-0.1, -0.05) is 18.6 Å². The number of methoxy groups -OCH3 is 1. The molecule has 96 valence electrons. The van der Waals surface area contributed by atoms with Crippen molar-refractivity contribution >= 4 is 11.3 Å². The summed E-state index contributed by atoms with van der Waals surface area (Å²) in [6.45, 7) is 4.12. The van der Waals surface area contributed by atoms with Crippen LogP contribution in [-0.2, 0) is 6.42 Å². The van der Waals surface area contributed by atoms with Crippen molar-refractivity contribution in [2.45, 2.75) is 26.4 Å². The van der Waals surface area contributed by atoms with Crippen LogP contribution in [0.25, 0.3) is 0 Å². The van der Waals surface area contributed by atoms with E-state index in [4.69, 9.17) is 4.74 Å². The molecule has 2 nitrogen and oxygen atoms in total. The maximum Gasteiger partial charge on any atom is 0.125 e. The average Bonchev–Trinajstić information content (AvgIpc) is 2.86. The van der Waals surface area contributed by atoms with Gasteiger partial charge in [-0.3, -0.25) is 0 Å². The molecule has 1 aromatic heterocycles. The molecule has 1 heterocycles. The summed E-state index contributed by atoms with van der Waals surface area (Å²) in [4.78, 5) is 1.02. The van der Waals surface area contributed by atoms with E-state index in [2.05, 4.69) is 13.0 Å². The molecule has 2 rings (SSSR count). The Balaban J connectivity index is 2.45. The summed E-state index contributed by atoms with van der Waals surface area (Å²) in [7, 11) is 1.63. The molecule has 0 spiro atoms. The van der Waals surface area contributed by atoms with Crippen molar-refractivity contribution in [1.82, 2.24) is 0 Å². The molecule has 0 aliphatic carbocycles. The van der Waals surface area contributed by atoms with Crippen LogP contribution < -0.4 is 4.74 Å². The van der Waals surface area contributed by atoms with Gasteiger partial charge in [0.05, 0.1) is 7.11 Å². The molecular formula is C15H18O2S. The first-order valence-electron chi connectivity index (χ1n) is 6.06. The number of aliphatic hydroxyl groups is 1. The van der Waals surface area contributed by atoms with E-state index < -0.39 is 6.10 Å². The summed E-state index contributed by atoms with van der Waals surface area (Å²) in [5.74, 6) is 0.739. The van der Waals surface area contributed by atoms with Gasteiger partial charge in [0.1, 0.15) is 11.9 Å². The lowest BCUT2D eigenvalue weighted by Crippen LogP contribution is -2.03. The predicted molar refractivity (Wildman–Crippen MR) is 75.5 cm³/mol. The normalized spacial score (nSPS) is 12.4. The monoisotopic (exact) mass is 262 g/mol. The fourth-order valence-corrected chi connectivity index (χ4v) is 3.09. The molecule has 18 heavy (non-hydrogen) atoms. The molecule has 0 saturated carbocycles. The van der Waals surface area contributed by atoms with Crippen molar-refractivity contribution in [3.05, 3.63) is 51.2 Å². The molecule has 1 atom stereocenters. The first kappa shape index (κ1) is 13.1. The first-order chi connectivity index (χ1) is 8.67. The lowest BCUT2D eigenvalue weighted by Gasteiger charge is -2.15. The Kier molecular flexibility index (Phi) is 4.04. The Morgan fingerprint density at radius 2 is 2.11 bits per heavy atom. The predicted octanol–water partition coefficient (Wildman–Crippen LogP) is 3.71. The summed E-state index contributed by atoms with van der Waals surface area (Å²) in [6.07, 6.45) is 0.333. The zero-order valence-electron chi connectivity index (χ0n) is 10.9. The number of hydrogen-bond acceptors (Lipinski definition) is 3. The largest absolute Gasteiger partial charge is 0.496 e. The number of aliphatic hydroxyl groups excluding tert-OH is 1. The van der Waals surface area contributed by atoms with E-state index in [0.717, 1.165) is 28.2 Å². The van der Waals surface area contributed by atoms with Crippen molar-refractivity contribution in [2.24, 2.45) is 0 Å². The highest BCUT2D eigenvalue weighted by Gasteiger charge is 2.19. The Bertz CT molecular complexity index is 531. The van der Waals surface area contributed by atoms with Crippen LogP contribution in [-0.4, -0.2) is 12.2 Å². The third-order valence-corrected chi connectivity index (χ3v) is 4.10. The average molecular weight is 262 g/mol. The molecular weight excluding hydrogens is 244 g/mol. The van der Waals surface area contributed by atoms with Crippen LogP contribution in [0.2, 0.25) is 0 Å². The van der Waals surface area contributed by atoms with Gasteiger partial charge in [0, 0.05) is 10.4 Å². The fraction of sp³-hybridized carbons (Fsp3) is 0.333. The second kappa shape index (κ2) is 5.55. The number of ether oxygens (including phenoxy) is 1. The molecule has 0 aliphatic heterocycles. The van der Waals surface area contributed by atoms with Gasteiger partial charge < -0.3 is 9.84 Å². The van der Waals surface area contributed by atoms with Gasteiger partial charge in [0.2, 0.25) is 0 Å². The maximum atomic E-state index is 10.6. The molecule has 1 unspecified atom stereocenters. The zero-order chi connectivity index (χ0) is 13.1. The summed E-state index contributed by atoms with van der Waals surface area (Å²) >= 11 is 1.60. The molecule has 0 aliphatic rings. The van der Waals surface area contributed by atoms with Crippen molar-refractivity contribution in [3.8, 4) is 5.75 Å². The van der Waals surface area contributed by atoms with Gasteiger partial charge >= 0.3 is 0 Å². The summed E-state index contributed by atoms with van der Waals surface area (Å²) < 4.78 is 5.34. The Hall–Kier alpha value is -1.32. The summed E-state index contributed by atoms with van der Waals surface area (Å²) in [6, 6.07) is 7.96. The van der Waals surface area contributed by atoms with Gasteiger partial charge in [0.25, 0.3) is 0 Å². The van der Waals surface area contributed by atoms with E-state index in [1.54, 1.807) is 18.4 Å². The molecule has 3 heteroatoms. The number of rotatable bonds is 4. The van der Waals surface area contributed by atoms with Crippen LogP contribution in [0.4, 0.5) is 0 Å². The molecule has 1 N–H and O–H groups in total. The number of benzene rings is 1. The smallest absolute Gasteiger partial charge is 0.125 e. The van der Waals surface area contributed by atoms with E-state index in [1.165, 1.54) is 5.56 Å². The van der Waals surface area contributed by atoms with Crippen LogP contribution in [0, 0.1) is 6.92 Å². The zero-order valence-corrected chi connectivity index (χ0v) is 11.8. The van der Waals surface area contributed by atoms with Gasteiger partial charge in [-0.05, 0) is 42.5 Å². The number of thiophene rings is 1. The molecule has 1 aromatic carbocycles. The molecule has 0 fully saturated rings. The quantitative estimate of drug-likeness (QED) is 0.910. The second-order valence-electron chi connectivity index (χ2n) is 4.31. The van der Waals surface area contributed by atoms with Gasteiger partial charge in [-0.25, -0.2) is 0 Å². The SMILES string of the molecule is CCc1ccsc1C(O)c1cc(C)ccc1OC. The van der Waals surface area contributed by atoms with E-state index in [0.29, 0.717) is 0 Å². The Morgan fingerprint density at radius 3 is 2.78 bits per heavy atom. The molecule has 2 aromatic rings. The van der Waals surface area contributed by atoms with Gasteiger partial charge in [-0.15, -0.1) is 11.3 Å². The number of aryl methyl sites for hydroxylation is 2. The fourth-order valence-electron chi connectivity index (χ4n) is 2.09. The highest BCUT2D eigenvalue weighted by molar-refractivity contribution is 7.10. The minimum absolute atomic E-state index is 0.602. The lowest BCUT2D eigenvalue weighted by molar-refractivity contribution is 0.217. The van der Waals surface area contributed by atoms with Crippen LogP contribution >= 0.6 is 11.3 Å². The highest BCUT2D eigenvalue weighted by Crippen LogP contribution is 2.35. The van der Waals surface area contributed by atoms with Crippen molar-refractivity contribution in [3.63, 3.8) is 0 Å².